The first kappa shape index (κ1) is 16.5. The van der Waals surface area contributed by atoms with Gasteiger partial charge in [0.2, 0.25) is 0 Å². The van der Waals surface area contributed by atoms with E-state index in [1.54, 1.807) is 10.9 Å². The normalized spacial score (nSPS) is 12.1. The number of carbonyl (C=O) groups excluding carboxylic acids is 1. The summed E-state index contributed by atoms with van der Waals surface area (Å²) in [6.07, 6.45) is 2.39. The van der Waals surface area contributed by atoms with E-state index in [1.807, 2.05) is 24.3 Å². The summed E-state index contributed by atoms with van der Waals surface area (Å²) in [5.74, 6) is -0.291. The summed E-state index contributed by atoms with van der Waals surface area (Å²) >= 11 is 6.10. The molecule has 6 nitrogen and oxygen atoms in total. The first-order valence-corrected chi connectivity index (χ1v) is 7.19. The van der Waals surface area contributed by atoms with Gasteiger partial charge in [0.15, 0.2) is 0 Å². The molecule has 2 N–H and O–H groups in total. The molecule has 0 spiro atoms. The maximum absolute atomic E-state index is 11.9. The van der Waals surface area contributed by atoms with Gasteiger partial charge in [0.05, 0.1) is 31.0 Å². The third kappa shape index (κ3) is 4.56. The maximum Gasteiger partial charge on any atom is 0.254 e. The molecule has 1 atom stereocenters. The maximum atomic E-state index is 11.9. The van der Waals surface area contributed by atoms with Gasteiger partial charge in [0, 0.05) is 24.9 Å². The number of aliphatic hydroxyl groups is 1. The number of aliphatic hydroxyl groups excluding tert-OH is 1. The third-order valence-electron chi connectivity index (χ3n) is 3.04. The average Bonchev–Trinajstić information content (AvgIpc) is 2.96. The largest absolute Gasteiger partial charge is 0.389 e. The molecule has 0 fully saturated rings. The van der Waals surface area contributed by atoms with Crippen LogP contribution in [0.3, 0.4) is 0 Å². The summed E-state index contributed by atoms with van der Waals surface area (Å²) in [4.78, 5) is 11.9. The molecular formula is C15H18ClN3O3. The summed E-state index contributed by atoms with van der Waals surface area (Å²) < 4.78 is 6.43. The number of hydrogen-bond acceptors (Lipinski definition) is 4. The number of benzene rings is 1. The summed E-state index contributed by atoms with van der Waals surface area (Å²) in [6.45, 7) is 0.785. The summed E-state index contributed by atoms with van der Waals surface area (Å²) in [7, 11) is 1.49. The molecule has 2 aromatic rings. The first-order valence-electron chi connectivity index (χ1n) is 6.81. The molecular weight excluding hydrogens is 306 g/mol. The van der Waals surface area contributed by atoms with Crippen molar-refractivity contribution in [2.75, 3.05) is 20.3 Å². The van der Waals surface area contributed by atoms with E-state index in [-0.39, 0.29) is 19.1 Å². The first-order chi connectivity index (χ1) is 10.6. The van der Waals surface area contributed by atoms with Gasteiger partial charge >= 0.3 is 0 Å². The highest BCUT2D eigenvalue weighted by Crippen LogP contribution is 2.16. The molecule has 0 bridgehead atoms. The van der Waals surface area contributed by atoms with Crippen molar-refractivity contribution < 1.29 is 14.6 Å². The summed E-state index contributed by atoms with van der Waals surface area (Å²) in [5, 5.41) is 16.9. The van der Waals surface area contributed by atoms with Gasteiger partial charge in [-0.2, -0.15) is 5.10 Å². The van der Waals surface area contributed by atoms with Gasteiger partial charge in [-0.3, -0.25) is 9.48 Å². The molecule has 1 aromatic carbocycles. The SMILES string of the molecule is COCC(O)CNC(=O)c1cnn(Cc2ccccc2Cl)c1. The lowest BCUT2D eigenvalue weighted by Crippen LogP contribution is -2.34. The second-order valence-corrected chi connectivity index (χ2v) is 5.24. The molecule has 1 unspecified atom stereocenters. The Kier molecular flexibility index (Phi) is 5.94. The van der Waals surface area contributed by atoms with Gasteiger partial charge in [-0.15, -0.1) is 0 Å². The fraction of sp³-hybridized carbons (Fsp3) is 0.333. The number of methoxy groups -OCH3 is 1. The third-order valence-corrected chi connectivity index (χ3v) is 3.41. The Bertz CT molecular complexity index is 630. The van der Waals surface area contributed by atoms with Crippen molar-refractivity contribution in [1.29, 1.82) is 0 Å². The minimum absolute atomic E-state index is 0.127. The number of rotatable bonds is 7. The minimum Gasteiger partial charge on any atom is -0.389 e. The van der Waals surface area contributed by atoms with Crippen molar-refractivity contribution in [2.45, 2.75) is 12.6 Å². The Morgan fingerprint density at radius 3 is 3.00 bits per heavy atom. The molecule has 0 aliphatic rings. The average molecular weight is 324 g/mol. The van der Waals surface area contributed by atoms with E-state index in [1.165, 1.54) is 13.3 Å². The van der Waals surface area contributed by atoms with Crippen LogP contribution in [0, 0.1) is 0 Å². The van der Waals surface area contributed by atoms with E-state index in [0.717, 1.165) is 5.56 Å². The molecule has 0 saturated heterocycles. The number of nitrogens with zero attached hydrogens (tertiary/aromatic N) is 2. The highest BCUT2D eigenvalue weighted by molar-refractivity contribution is 6.31. The van der Waals surface area contributed by atoms with Gasteiger partial charge in [-0.1, -0.05) is 29.8 Å². The van der Waals surface area contributed by atoms with Crippen LogP contribution in [0.4, 0.5) is 0 Å². The smallest absolute Gasteiger partial charge is 0.254 e. The van der Waals surface area contributed by atoms with E-state index < -0.39 is 6.10 Å². The van der Waals surface area contributed by atoms with E-state index >= 15 is 0 Å². The zero-order valence-electron chi connectivity index (χ0n) is 12.2. The van der Waals surface area contributed by atoms with Crippen LogP contribution in [0.5, 0.6) is 0 Å². The van der Waals surface area contributed by atoms with Gasteiger partial charge in [0.25, 0.3) is 5.91 Å². The van der Waals surface area contributed by atoms with Crippen LogP contribution >= 0.6 is 11.6 Å². The van der Waals surface area contributed by atoms with Crippen LogP contribution in [0.2, 0.25) is 5.02 Å². The molecule has 1 amide bonds. The van der Waals surface area contributed by atoms with Crippen LogP contribution in [-0.2, 0) is 11.3 Å². The van der Waals surface area contributed by atoms with E-state index in [0.29, 0.717) is 17.1 Å². The lowest BCUT2D eigenvalue weighted by molar-refractivity contribution is 0.0610. The Labute approximate surface area is 133 Å². The van der Waals surface area contributed by atoms with Gasteiger partial charge in [-0.05, 0) is 11.6 Å². The van der Waals surface area contributed by atoms with Crippen molar-refractivity contribution >= 4 is 17.5 Å². The predicted octanol–water partition coefficient (Wildman–Crippen LogP) is 1.32. The predicted molar refractivity (Wildman–Crippen MR) is 83.0 cm³/mol. The standard InChI is InChI=1S/C15H18ClN3O3/c1-22-10-13(20)7-17-15(21)12-6-18-19(9-12)8-11-4-2-3-5-14(11)16/h2-6,9,13,20H,7-8,10H2,1H3,(H,17,21). The summed E-state index contributed by atoms with van der Waals surface area (Å²) in [6, 6.07) is 7.48. The fourth-order valence-electron chi connectivity index (χ4n) is 1.93. The van der Waals surface area contributed by atoms with Crippen molar-refractivity contribution in [2.24, 2.45) is 0 Å². The van der Waals surface area contributed by atoms with Crippen LogP contribution in [-0.4, -0.2) is 47.2 Å². The lowest BCUT2D eigenvalue weighted by atomic mass is 10.2. The molecule has 0 saturated carbocycles. The quantitative estimate of drug-likeness (QED) is 0.806. The summed E-state index contributed by atoms with van der Waals surface area (Å²) in [5.41, 5.74) is 1.35. The van der Waals surface area contributed by atoms with Gasteiger partial charge in [0.1, 0.15) is 0 Å². The van der Waals surface area contributed by atoms with Crippen LogP contribution in [0.15, 0.2) is 36.7 Å². The Balaban J connectivity index is 1.93. The highest BCUT2D eigenvalue weighted by atomic mass is 35.5. The molecule has 1 heterocycles. The van der Waals surface area contributed by atoms with E-state index in [2.05, 4.69) is 10.4 Å². The molecule has 0 aliphatic heterocycles. The Morgan fingerprint density at radius 1 is 1.50 bits per heavy atom. The minimum atomic E-state index is -0.730. The molecule has 0 radical (unpaired) electrons. The van der Waals surface area contributed by atoms with Crippen LogP contribution in [0.25, 0.3) is 0 Å². The van der Waals surface area contributed by atoms with Crippen LogP contribution < -0.4 is 5.32 Å². The van der Waals surface area contributed by atoms with Crippen LogP contribution in [0.1, 0.15) is 15.9 Å². The molecule has 118 valence electrons. The zero-order valence-corrected chi connectivity index (χ0v) is 13.0. The number of ether oxygens (including phenoxy) is 1. The topological polar surface area (TPSA) is 76.4 Å². The van der Waals surface area contributed by atoms with Gasteiger partial charge < -0.3 is 15.2 Å². The second kappa shape index (κ2) is 7.93. The molecule has 1 aromatic heterocycles. The Hall–Kier alpha value is -1.89. The second-order valence-electron chi connectivity index (χ2n) is 4.84. The zero-order chi connectivity index (χ0) is 15.9. The van der Waals surface area contributed by atoms with Crippen molar-refractivity contribution in [3.05, 3.63) is 52.8 Å². The number of amides is 1. The van der Waals surface area contributed by atoms with E-state index in [9.17, 15) is 9.90 Å². The highest BCUT2D eigenvalue weighted by Gasteiger charge is 2.11. The van der Waals surface area contributed by atoms with E-state index in [4.69, 9.17) is 16.3 Å². The van der Waals surface area contributed by atoms with Crippen molar-refractivity contribution in [1.82, 2.24) is 15.1 Å². The fourth-order valence-corrected chi connectivity index (χ4v) is 2.13. The van der Waals surface area contributed by atoms with Crippen molar-refractivity contribution in [3.63, 3.8) is 0 Å². The molecule has 0 aliphatic carbocycles. The number of hydrogen-bond donors (Lipinski definition) is 2. The lowest BCUT2D eigenvalue weighted by Gasteiger charge is -2.09. The monoisotopic (exact) mass is 323 g/mol. The number of carbonyl (C=O) groups is 1. The van der Waals surface area contributed by atoms with Gasteiger partial charge in [-0.25, -0.2) is 0 Å². The molecule has 2 rings (SSSR count). The molecule has 22 heavy (non-hydrogen) atoms. The number of aromatic nitrogens is 2. The number of halogens is 1. The molecule has 7 heteroatoms. The Morgan fingerprint density at radius 2 is 2.27 bits per heavy atom. The number of nitrogens with one attached hydrogen (secondary N) is 1. The van der Waals surface area contributed by atoms with Crippen molar-refractivity contribution in [3.8, 4) is 0 Å².